The number of halogens is 1. The summed E-state index contributed by atoms with van der Waals surface area (Å²) in [6.07, 6.45) is 4.15. The second kappa shape index (κ2) is 8.39. The zero-order chi connectivity index (χ0) is 19.3. The zero-order valence-corrected chi connectivity index (χ0v) is 16.0. The average Bonchev–Trinajstić information content (AvgIpc) is 3.22. The van der Waals surface area contributed by atoms with Gasteiger partial charge in [0.2, 0.25) is 17.6 Å². The molecule has 0 atom stereocenters. The van der Waals surface area contributed by atoms with Crippen molar-refractivity contribution in [1.29, 1.82) is 0 Å². The molecule has 144 valence electrons. The van der Waals surface area contributed by atoms with E-state index in [0.717, 1.165) is 29.4 Å². The van der Waals surface area contributed by atoms with Crippen molar-refractivity contribution in [1.82, 2.24) is 20.0 Å². The monoisotopic (exact) mass is 397 g/mol. The van der Waals surface area contributed by atoms with E-state index in [4.69, 9.17) is 16.1 Å². The van der Waals surface area contributed by atoms with Crippen LogP contribution in [0.15, 0.2) is 53.3 Å². The standard InChI is InChI=1S/C20H20ClN5O2/c21-16-4-1-5-17(13-16)25-9-11-26(12-10-25)19(27)7-6-18-23-20(24-28-18)15-3-2-8-22-14-15/h1-5,8,13-14H,6-7,9-12H2. The lowest BCUT2D eigenvalue weighted by Gasteiger charge is -2.36. The van der Waals surface area contributed by atoms with Gasteiger partial charge in [-0.3, -0.25) is 9.78 Å². The van der Waals surface area contributed by atoms with Crippen LogP contribution in [0.5, 0.6) is 0 Å². The van der Waals surface area contributed by atoms with Crippen molar-refractivity contribution in [3.8, 4) is 11.4 Å². The molecule has 0 saturated carbocycles. The van der Waals surface area contributed by atoms with E-state index in [-0.39, 0.29) is 5.91 Å². The first-order valence-corrected chi connectivity index (χ1v) is 9.58. The van der Waals surface area contributed by atoms with Gasteiger partial charge < -0.3 is 14.3 Å². The Bertz CT molecular complexity index is 939. The minimum Gasteiger partial charge on any atom is -0.368 e. The Kier molecular flexibility index (Phi) is 5.53. The fourth-order valence-electron chi connectivity index (χ4n) is 3.23. The first kappa shape index (κ1) is 18.4. The molecule has 1 aliphatic heterocycles. The van der Waals surface area contributed by atoms with Crippen LogP contribution >= 0.6 is 11.6 Å². The van der Waals surface area contributed by atoms with Gasteiger partial charge in [-0.05, 0) is 30.3 Å². The number of nitrogens with zero attached hydrogens (tertiary/aromatic N) is 5. The van der Waals surface area contributed by atoms with E-state index in [9.17, 15) is 4.79 Å². The van der Waals surface area contributed by atoms with Gasteiger partial charge in [0, 0.05) is 67.7 Å². The summed E-state index contributed by atoms with van der Waals surface area (Å²) in [6, 6.07) is 11.5. The maximum absolute atomic E-state index is 12.5. The Balaban J connectivity index is 1.28. The van der Waals surface area contributed by atoms with Gasteiger partial charge in [-0.1, -0.05) is 22.8 Å². The molecule has 8 heteroatoms. The smallest absolute Gasteiger partial charge is 0.227 e. The van der Waals surface area contributed by atoms with Gasteiger partial charge in [0.15, 0.2) is 0 Å². The number of carbonyl (C=O) groups is 1. The van der Waals surface area contributed by atoms with Crippen molar-refractivity contribution in [3.05, 3.63) is 59.7 Å². The van der Waals surface area contributed by atoms with Gasteiger partial charge in [0.1, 0.15) is 0 Å². The van der Waals surface area contributed by atoms with E-state index in [1.54, 1.807) is 12.4 Å². The normalized spacial score (nSPS) is 14.3. The number of anilines is 1. The predicted octanol–water partition coefficient (Wildman–Crippen LogP) is 3.07. The lowest BCUT2D eigenvalue weighted by atomic mass is 10.2. The van der Waals surface area contributed by atoms with Crippen LogP contribution in [0.3, 0.4) is 0 Å². The highest BCUT2D eigenvalue weighted by Gasteiger charge is 2.22. The molecule has 28 heavy (non-hydrogen) atoms. The van der Waals surface area contributed by atoms with Crippen LogP contribution in [0.4, 0.5) is 5.69 Å². The van der Waals surface area contributed by atoms with Crippen molar-refractivity contribution < 1.29 is 9.32 Å². The van der Waals surface area contributed by atoms with Crippen LogP contribution < -0.4 is 4.90 Å². The molecule has 0 N–H and O–H groups in total. The number of aryl methyl sites for hydroxylation is 1. The van der Waals surface area contributed by atoms with Gasteiger partial charge in [0.05, 0.1) is 0 Å². The van der Waals surface area contributed by atoms with Crippen LogP contribution in [0, 0.1) is 0 Å². The van der Waals surface area contributed by atoms with E-state index in [0.29, 0.717) is 37.6 Å². The van der Waals surface area contributed by atoms with Crippen LogP contribution in [0.25, 0.3) is 11.4 Å². The lowest BCUT2D eigenvalue weighted by molar-refractivity contribution is -0.131. The SMILES string of the molecule is O=C(CCc1nc(-c2cccnc2)no1)N1CCN(c2cccc(Cl)c2)CC1. The highest BCUT2D eigenvalue weighted by Crippen LogP contribution is 2.21. The third kappa shape index (κ3) is 4.31. The Morgan fingerprint density at radius 2 is 2.00 bits per heavy atom. The fourth-order valence-corrected chi connectivity index (χ4v) is 3.41. The Morgan fingerprint density at radius 1 is 1.14 bits per heavy atom. The van der Waals surface area contributed by atoms with E-state index in [2.05, 4.69) is 20.0 Å². The van der Waals surface area contributed by atoms with Crippen LogP contribution in [-0.4, -0.2) is 52.1 Å². The Morgan fingerprint density at radius 3 is 2.75 bits per heavy atom. The number of piperazine rings is 1. The minimum atomic E-state index is 0.104. The molecule has 1 aromatic carbocycles. The molecule has 2 aromatic heterocycles. The highest BCUT2D eigenvalue weighted by atomic mass is 35.5. The summed E-state index contributed by atoms with van der Waals surface area (Å²) in [5.41, 5.74) is 1.88. The summed E-state index contributed by atoms with van der Waals surface area (Å²) in [5, 5.41) is 4.68. The molecule has 1 aliphatic rings. The number of hydrogen-bond acceptors (Lipinski definition) is 6. The summed E-state index contributed by atoms with van der Waals surface area (Å²) < 4.78 is 5.26. The van der Waals surface area contributed by atoms with E-state index >= 15 is 0 Å². The van der Waals surface area contributed by atoms with Gasteiger partial charge in [0.25, 0.3) is 0 Å². The summed E-state index contributed by atoms with van der Waals surface area (Å²) >= 11 is 6.07. The third-order valence-corrected chi connectivity index (χ3v) is 4.98. The van der Waals surface area contributed by atoms with Gasteiger partial charge in [-0.25, -0.2) is 0 Å². The Hall–Kier alpha value is -2.93. The number of rotatable bonds is 5. The number of pyridine rings is 1. The van der Waals surface area contributed by atoms with Gasteiger partial charge in [-0.2, -0.15) is 4.98 Å². The number of aromatic nitrogens is 3. The molecule has 0 bridgehead atoms. The molecule has 0 spiro atoms. The number of carbonyl (C=O) groups excluding carboxylic acids is 1. The fraction of sp³-hybridized carbons (Fsp3) is 0.300. The van der Waals surface area contributed by atoms with E-state index in [1.165, 1.54) is 0 Å². The summed E-state index contributed by atoms with van der Waals surface area (Å²) in [7, 11) is 0. The maximum Gasteiger partial charge on any atom is 0.227 e. The molecular formula is C20H20ClN5O2. The third-order valence-electron chi connectivity index (χ3n) is 4.75. The van der Waals surface area contributed by atoms with Gasteiger partial charge >= 0.3 is 0 Å². The predicted molar refractivity (Wildman–Crippen MR) is 106 cm³/mol. The first-order chi connectivity index (χ1) is 13.7. The van der Waals surface area contributed by atoms with Crippen molar-refractivity contribution >= 4 is 23.2 Å². The van der Waals surface area contributed by atoms with Crippen LogP contribution in [0.2, 0.25) is 5.02 Å². The molecule has 3 aromatic rings. The molecule has 0 radical (unpaired) electrons. The van der Waals surface area contributed by atoms with Crippen molar-refractivity contribution in [2.45, 2.75) is 12.8 Å². The van der Waals surface area contributed by atoms with E-state index in [1.807, 2.05) is 41.3 Å². The quantitative estimate of drug-likeness (QED) is 0.658. The molecule has 1 fully saturated rings. The molecule has 0 unspecified atom stereocenters. The van der Waals surface area contributed by atoms with Crippen molar-refractivity contribution in [2.24, 2.45) is 0 Å². The summed E-state index contributed by atoms with van der Waals surface area (Å²) in [5.74, 6) is 1.06. The number of benzene rings is 1. The highest BCUT2D eigenvalue weighted by molar-refractivity contribution is 6.30. The van der Waals surface area contributed by atoms with E-state index < -0.39 is 0 Å². The zero-order valence-electron chi connectivity index (χ0n) is 15.3. The number of amides is 1. The lowest BCUT2D eigenvalue weighted by Crippen LogP contribution is -2.48. The Labute approximate surface area is 167 Å². The average molecular weight is 398 g/mol. The number of hydrogen-bond donors (Lipinski definition) is 0. The molecule has 0 aliphatic carbocycles. The molecular weight excluding hydrogens is 378 g/mol. The van der Waals surface area contributed by atoms with Crippen molar-refractivity contribution in [3.63, 3.8) is 0 Å². The molecule has 4 rings (SSSR count). The maximum atomic E-state index is 12.5. The molecule has 1 saturated heterocycles. The van der Waals surface area contributed by atoms with Gasteiger partial charge in [-0.15, -0.1) is 0 Å². The second-order valence-corrected chi connectivity index (χ2v) is 7.04. The first-order valence-electron chi connectivity index (χ1n) is 9.20. The van der Waals surface area contributed by atoms with Crippen molar-refractivity contribution in [2.75, 3.05) is 31.1 Å². The summed E-state index contributed by atoms with van der Waals surface area (Å²) in [4.78, 5) is 25.1. The van der Waals surface area contributed by atoms with Crippen LogP contribution in [0.1, 0.15) is 12.3 Å². The summed E-state index contributed by atoms with van der Waals surface area (Å²) in [6.45, 7) is 2.96. The largest absolute Gasteiger partial charge is 0.368 e. The van der Waals surface area contributed by atoms with Crippen LogP contribution in [-0.2, 0) is 11.2 Å². The molecule has 3 heterocycles. The topological polar surface area (TPSA) is 75.4 Å². The molecule has 7 nitrogen and oxygen atoms in total. The second-order valence-electron chi connectivity index (χ2n) is 6.60. The minimum absolute atomic E-state index is 0.104. The molecule has 1 amide bonds.